The highest BCUT2D eigenvalue weighted by Gasteiger charge is 2.40. The number of fused-ring (bicyclic) bond motifs is 4. The average molecular weight is 449 g/mol. The van der Waals surface area contributed by atoms with Crippen molar-refractivity contribution in [2.24, 2.45) is 0 Å². The molecule has 0 saturated carbocycles. The third-order valence-electron chi connectivity index (χ3n) is 5.39. The van der Waals surface area contributed by atoms with Crippen LogP contribution >= 0.6 is 15.9 Å². The summed E-state index contributed by atoms with van der Waals surface area (Å²) in [6, 6.07) is 19.3. The van der Waals surface area contributed by atoms with Crippen molar-refractivity contribution in [2.75, 3.05) is 14.2 Å². The number of carbonyl (C=O) groups excluding carboxylic acids is 1. The zero-order valence-electron chi connectivity index (χ0n) is 15.9. The molecule has 1 heterocycles. The molecule has 0 saturated heterocycles. The van der Waals surface area contributed by atoms with Gasteiger partial charge in [-0.1, -0.05) is 52.3 Å². The van der Waals surface area contributed by atoms with Crippen LogP contribution in [0.5, 0.6) is 11.5 Å². The second kappa shape index (κ2) is 6.78. The predicted molar refractivity (Wildman–Crippen MR) is 114 cm³/mol. The van der Waals surface area contributed by atoms with Crippen LogP contribution < -0.4 is 9.47 Å². The maximum Gasteiger partial charge on any atom is 0.198 e. The molecule has 0 aromatic heterocycles. The van der Waals surface area contributed by atoms with Gasteiger partial charge in [0.2, 0.25) is 0 Å². The van der Waals surface area contributed by atoms with Gasteiger partial charge in [0.15, 0.2) is 17.3 Å². The molecule has 0 N–H and O–H groups in total. The molecule has 2 aliphatic rings. The maximum absolute atomic E-state index is 13.2. The van der Waals surface area contributed by atoms with E-state index < -0.39 is 0 Å². The van der Waals surface area contributed by atoms with E-state index in [-0.39, 0.29) is 11.9 Å². The van der Waals surface area contributed by atoms with Gasteiger partial charge in [-0.25, -0.2) is 0 Å². The number of ether oxygens (including phenoxy) is 3. The van der Waals surface area contributed by atoms with E-state index in [4.69, 9.17) is 14.2 Å². The molecule has 0 bridgehead atoms. The van der Waals surface area contributed by atoms with Gasteiger partial charge < -0.3 is 14.2 Å². The van der Waals surface area contributed by atoms with Gasteiger partial charge in [-0.3, -0.25) is 4.79 Å². The quantitative estimate of drug-likeness (QED) is 0.519. The third kappa shape index (κ3) is 2.69. The Balaban J connectivity index is 1.78. The molecule has 5 rings (SSSR count). The number of carbonyl (C=O) groups is 1. The highest BCUT2D eigenvalue weighted by Crippen LogP contribution is 2.51. The summed E-state index contributed by atoms with van der Waals surface area (Å²) in [5.41, 5.74) is 4.76. The first-order valence-electron chi connectivity index (χ1n) is 9.19. The largest absolute Gasteiger partial charge is 0.493 e. The Bertz CT molecular complexity index is 1180. The molecule has 0 spiro atoms. The van der Waals surface area contributed by atoms with Crippen LogP contribution in [0.15, 0.2) is 65.1 Å². The highest BCUT2D eigenvalue weighted by atomic mass is 79.9. The molecule has 1 aliphatic carbocycles. The van der Waals surface area contributed by atoms with Gasteiger partial charge in [0.1, 0.15) is 11.9 Å². The Morgan fingerprint density at radius 2 is 1.52 bits per heavy atom. The number of halogens is 1. The van der Waals surface area contributed by atoms with Crippen LogP contribution in [0, 0.1) is 0 Å². The number of ketones is 1. The van der Waals surface area contributed by atoms with Crippen molar-refractivity contribution in [1.29, 1.82) is 0 Å². The van der Waals surface area contributed by atoms with Crippen molar-refractivity contribution in [3.05, 3.63) is 93.0 Å². The molecule has 0 fully saturated rings. The standard InChI is InChI=1S/C24H17BrO4/c1-27-19-11-17-18(12-20(19)28-2)23(13-7-9-14(25)10-8-13)29-24-16-6-4-3-5-15(16)22(26)21(17)24/h3-12,23H,1-2H3/t23-/m1/s1. The number of Topliss-reactive ketones (excluding diaryl/α,β-unsaturated/α-hetero) is 1. The van der Waals surface area contributed by atoms with Gasteiger partial charge in [-0.2, -0.15) is 0 Å². The van der Waals surface area contributed by atoms with E-state index in [2.05, 4.69) is 15.9 Å². The minimum absolute atomic E-state index is 0.0293. The number of rotatable bonds is 3. The zero-order chi connectivity index (χ0) is 20.1. The van der Waals surface area contributed by atoms with Gasteiger partial charge >= 0.3 is 0 Å². The molecule has 5 heteroatoms. The molecule has 29 heavy (non-hydrogen) atoms. The fourth-order valence-electron chi connectivity index (χ4n) is 4.01. The molecular weight excluding hydrogens is 432 g/mol. The van der Waals surface area contributed by atoms with Gasteiger partial charge in [-0.15, -0.1) is 0 Å². The molecule has 1 atom stereocenters. The molecule has 1 aliphatic heterocycles. The van der Waals surface area contributed by atoms with Crippen LogP contribution in [-0.2, 0) is 4.74 Å². The molecule has 0 unspecified atom stereocenters. The normalized spacial score (nSPS) is 16.7. The molecule has 0 radical (unpaired) electrons. The Kier molecular flexibility index (Phi) is 4.21. The van der Waals surface area contributed by atoms with Crippen LogP contribution in [0.3, 0.4) is 0 Å². The number of methoxy groups -OCH3 is 2. The molecule has 3 aromatic carbocycles. The van der Waals surface area contributed by atoms with Crippen LogP contribution in [0.25, 0.3) is 11.3 Å². The first kappa shape index (κ1) is 18.0. The van der Waals surface area contributed by atoms with Crippen molar-refractivity contribution in [1.82, 2.24) is 0 Å². The summed E-state index contributed by atoms with van der Waals surface area (Å²) >= 11 is 3.49. The summed E-state index contributed by atoms with van der Waals surface area (Å²) in [7, 11) is 3.19. The van der Waals surface area contributed by atoms with E-state index >= 15 is 0 Å². The van der Waals surface area contributed by atoms with E-state index in [1.165, 1.54) is 0 Å². The van der Waals surface area contributed by atoms with Crippen molar-refractivity contribution in [3.8, 4) is 11.5 Å². The SMILES string of the molecule is COc1cc2c(cc1OC)[C@@H](c1ccc(Br)cc1)OC1=C2C(=O)c2ccccc21. The Morgan fingerprint density at radius 3 is 2.21 bits per heavy atom. The number of allylic oxidation sites excluding steroid dienone is 1. The smallest absolute Gasteiger partial charge is 0.198 e. The van der Waals surface area contributed by atoms with Crippen molar-refractivity contribution in [3.63, 3.8) is 0 Å². The first-order chi connectivity index (χ1) is 14.1. The topological polar surface area (TPSA) is 44.8 Å². The highest BCUT2D eigenvalue weighted by molar-refractivity contribution is 9.10. The van der Waals surface area contributed by atoms with E-state index in [1.807, 2.05) is 60.7 Å². The lowest BCUT2D eigenvalue weighted by atomic mass is 9.88. The Hall–Kier alpha value is -3.05. The number of benzene rings is 3. The summed E-state index contributed by atoms with van der Waals surface area (Å²) in [4.78, 5) is 13.2. The molecule has 0 amide bonds. The molecular formula is C24H17BrO4. The molecule has 4 nitrogen and oxygen atoms in total. The predicted octanol–water partition coefficient (Wildman–Crippen LogP) is 5.65. The van der Waals surface area contributed by atoms with Crippen LogP contribution in [-0.4, -0.2) is 20.0 Å². The number of hydrogen-bond donors (Lipinski definition) is 0. The van der Waals surface area contributed by atoms with Gasteiger partial charge in [0.05, 0.1) is 19.8 Å². The summed E-state index contributed by atoms with van der Waals surface area (Å²) in [5.74, 6) is 1.78. The lowest BCUT2D eigenvalue weighted by Crippen LogP contribution is -2.15. The summed E-state index contributed by atoms with van der Waals surface area (Å²) in [5, 5.41) is 0. The van der Waals surface area contributed by atoms with Crippen molar-refractivity contribution in [2.45, 2.75) is 6.10 Å². The fourth-order valence-corrected chi connectivity index (χ4v) is 4.28. The minimum atomic E-state index is -0.365. The lowest BCUT2D eigenvalue weighted by Gasteiger charge is -2.29. The molecule has 3 aromatic rings. The van der Waals surface area contributed by atoms with E-state index in [0.717, 1.165) is 26.7 Å². The van der Waals surface area contributed by atoms with Crippen molar-refractivity contribution < 1.29 is 19.0 Å². The van der Waals surface area contributed by atoms with Gasteiger partial charge in [-0.05, 0) is 29.8 Å². The van der Waals surface area contributed by atoms with Crippen LogP contribution in [0.2, 0.25) is 0 Å². The van der Waals surface area contributed by atoms with Crippen molar-refractivity contribution >= 4 is 33.0 Å². The van der Waals surface area contributed by atoms with E-state index in [9.17, 15) is 4.79 Å². The lowest BCUT2D eigenvalue weighted by molar-refractivity contribution is 0.105. The van der Waals surface area contributed by atoms with Gasteiger partial charge in [0.25, 0.3) is 0 Å². The second-order valence-corrected chi connectivity index (χ2v) is 7.84. The van der Waals surface area contributed by atoms with Gasteiger partial charge in [0, 0.05) is 26.7 Å². The number of hydrogen-bond acceptors (Lipinski definition) is 4. The minimum Gasteiger partial charge on any atom is -0.493 e. The maximum atomic E-state index is 13.2. The zero-order valence-corrected chi connectivity index (χ0v) is 17.4. The average Bonchev–Trinajstić information content (AvgIpc) is 3.05. The summed E-state index contributed by atoms with van der Waals surface area (Å²) < 4.78 is 18.5. The second-order valence-electron chi connectivity index (χ2n) is 6.92. The Labute approximate surface area is 176 Å². The fraction of sp³-hybridized carbons (Fsp3) is 0.125. The first-order valence-corrected chi connectivity index (χ1v) is 9.98. The van der Waals surface area contributed by atoms with Crippen LogP contribution in [0.1, 0.15) is 38.7 Å². The van der Waals surface area contributed by atoms with Crippen LogP contribution in [0.4, 0.5) is 0 Å². The third-order valence-corrected chi connectivity index (χ3v) is 5.92. The summed E-state index contributed by atoms with van der Waals surface area (Å²) in [6.07, 6.45) is -0.365. The monoisotopic (exact) mass is 448 g/mol. The Morgan fingerprint density at radius 1 is 0.862 bits per heavy atom. The van der Waals surface area contributed by atoms with E-state index in [1.54, 1.807) is 14.2 Å². The van der Waals surface area contributed by atoms with E-state index in [0.29, 0.717) is 28.4 Å². The molecule has 144 valence electrons. The summed E-state index contributed by atoms with van der Waals surface area (Å²) in [6.45, 7) is 0.